The topological polar surface area (TPSA) is 66.8 Å². The van der Waals surface area contributed by atoms with Crippen molar-refractivity contribution in [1.82, 2.24) is 0 Å². The molecule has 0 aromatic rings. The first-order valence-electron chi connectivity index (χ1n) is 6.51. The van der Waals surface area contributed by atoms with Gasteiger partial charge in [0.1, 0.15) is 0 Å². The summed E-state index contributed by atoms with van der Waals surface area (Å²) in [6, 6.07) is 0. The van der Waals surface area contributed by atoms with Crippen LogP contribution in [0.25, 0.3) is 0 Å². The van der Waals surface area contributed by atoms with Gasteiger partial charge >= 0.3 is 5.97 Å². The van der Waals surface area contributed by atoms with Crippen LogP contribution in [0, 0.1) is 17.8 Å². The number of esters is 1. The molecule has 0 bridgehead atoms. The molecule has 1 aliphatic rings. The monoisotopic (exact) mass is 244 g/mol. The van der Waals surface area contributed by atoms with E-state index in [0.29, 0.717) is 12.3 Å². The summed E-state index contributed by atoms with van der Waals surface area (Å²) >= 11 is 0. The Labute approximate surface area is 103 Å². The molecule has 0 unspecified atom stereocenters. The van der Waals surface area contributed by atoms with Gasteiger partial charge in [0.15, 0.2) is 0 Å². The molecule has 3 atom stereocenters. The first-order valence-corrected chi connectivity index (χ1v) is 6.51. The van der Waals surface area contributed by atoms with Crippen molar-refractivity contribution in [2.24, 2.45) is 17.8 Å². The van der Waals surface area contributed by atoms with Gasteiger partial charge in [-0.2, -0.15) is 0 Å². The molecule has 100 valence electrons. The number of hydrogen-bond acceptors (Lipinski definition) is 4. The number of cyclic esters (lactones) is 1. The van der Waals surface area contributed by atoms with Crippen molar-refractivity contribution < 1.29 is 19.7 Å². The van der Waals surface area contributed by atoms with Crippen molar-refractivity contribution in [3.05, 3.63) is 0 Å². The minimum absolute atomic E-state index is 0.0978. The normalized spacial score (nSPS) is 26.3. The Morgan fingerprint density at radius 3 is 2.59 bits per heavy atom. The predicted molar refractivity (Wildman–Crippen MR) is 64.3 cm³/mol. The third-order valence-corrected chi connectivity index (χ3v) is 3.40. The third kappa shape index (κ3) is 4.28. The molecule has 17 heavy (non-hydrogen) atoms. The molecule has 1 aliphatic heterocycles. The Kier molecular flexibility index (Phi) is 5.92. The molecule has 1 saturated heterocycles. The van der Waals surface area contributed by atoms with E-state index < -0.39 is 12.0 Å². The highest BCUT2D eigenvalue weighted by atomic mass is 16.5. The van der Waals surface area contributed by atoms with Crippen molar-refractivity contribution in [1.29, 1.82) is 0 Å². The van der Waals surface area contributed by atoms with Crippen LogP contribution in [0.5, 0.6) is 0 Å². The molecule has 4 nitrogen and oxygen atoms in total. The van der Waals surface area contributed by atoms with Crippen molar-refractivity contribution in [3.63, 3.8) is 0 Å². The lowest BCUT2D eigenvalue weighted by Crippen LogP contribution is -2.31. The molecular weight excluding hydrogens is 220 g/mol. The Bertz CT molecular complexity index is 240. The highest BCUT2D eigenvalue weighted by Crippen LogP contribution is 2.27. The SMILES string of the molecule is CC(C)CCCC[C@@H](O)[C@H]1C(=O)OC[C@H]1CO. The summed E-state index contributed by atoms with van der Waals surface area (Å²) in [6.45, 7) is 4.49. The molecule has 0 aliphatic carbocycles. The molecular formula is C13H24O4. The van der Waals surface area contributed by atoms with Crippen molar-refractivity contribution >= 4 is 5.97 Å². The first-order chi connectivity index (χ1) is 8.06. The molecule has 0 aromatic carbocycles. The second kappa shape index (κ2) is 6.97. The summed E-state index contributed by atoms with van der Waals surface area (Å²) in [6.07, 6.45) is 3.07. The van der Waals surface area contributed by atoms with Gasteiger partial charge in [0.25, 0.3) is 0 Å². The smallest absolute Gasteiger partial charge is 0.312 e. The lowest BCUT2D eigenvalue weighted by Gasteiger charge is -2.19. The van der Waals surface area contributed by atoms with Crippen molar-refractivity contribution in [2.45, 2.75) is 45.6 Å². The first kappa shape index (κ1) is 14.5. The Hall–Kier alpha value is -0.610. The zero-order valence-electron chi connectivity index (χ0n) is 10.8. The van der Waals surface area contributed by atoms with Gasteiger partial charge in [-0.1, -0.05) is 33.1 Å². The number of rotatable bonds is 7. The van der Waals surface area contributed by atoms with Gasteiger partial charge in [-0.25, -0.2) is 0 Å². The molecule has 4 heteroatoms. The largest absolute Gasteiger partial charge is 0.465 e. The van der Waals surface area contributed by atoms with Gasteiger partial charge in [0.2, 0.25) is 0 Å². The van der Waals surface area contributed by atoms with Crippen LogP contribution in [0.1, 0.15) is 39.5 Å². The molecule has 1 fully saturated rings. The lowest BCUT2D eigenvalue weighted by molar-refractivity contribution is -0.144. The number of unbranched alkanes of at least 4 members (excludes halogenated alkanes) is 1. The fraction of sp³-hybridized carbons (Fsp3) is 0.923. The van der Waals surface area contributed by atoms with Crippen LogP contribution in [0.4, 0.5) is 0 Å². The van der Waals surface area contributed by atoms with Gasteiger partial charge < -0.3 is 14.9 Å². The predicted octanol–water partition coefficient (Wildman–Crippen LogP) is 1.35. The third-order valence-electron chi connectivity index (χ3n) is 3.40. The molecule has 0 spiro atoms. The van der Waals surface area contributed by atoms with Crippen LogP contribution in [-0.2, 0) is 9.53 Å². The van der Waals surface area contributed by atoms with Gasteiger partial charge in [0, 0.05) is 5.92 Å². The zero-order chi connectivity index (χ0) is 12.8. The van der Waals surface area contributed by atoms with E-state index >= 15 is 0 Å². The average Bonchev–Trinajstić information content (AvgIpc) is 2.65. The highest BCUT2D eigenvalue weighted by Gasteiger charge is 2.41. The number of aliphatic hydroxyl groups is 2. The summed E-state index contributed by atoms with van der Waals surface area (Å²) in [5.41, 5.74) is 0. The minimum Gasteiger partial charge on any atom is -0.465 e. The number of hydrogen-bond donors (Lipinski definition) is 2. The molecule has 0 aromatic heterocycles. The molecule has 0 saturated carbocycles. The molecule has 1 rings (SSSR count). The second-order valence-electron chi connectivity index (χ2n) is 5.34. The maximum atomic E-state index is 11.4. The Morgan fingerprint density at radius 1 is 1.35 bits per heavy atom. The van der Waals surface area contributed by atoms with Crippen LogP contribution in [-0.4, -0.2) is 35.5 Å². The van der Waals surface area contributed by atoms with E-state index in [4.69, 9.17) is 9.84 Å². The van der Waals surface area contributed by atoms with E-state index in [1.807, 2.05) is 0 Å². The van der Waals surface area contributed by atoms with Crippen LogP contribution >= 0.6 is 0 Å². The van der Waals surface area contributed by atoms with Crippen molar-refractivity contribution in [2.75, 3.05) is 13.2 Å². The van der Waals surface area contributed by atoms with Crippen LogP contribution in [0.3, 0.4) is 0 Å². The number of carbonyl (C=O) groups excluding carboxylic acids is 1. The Morgan fingerprint density at radius 2 is 2.00 bits per heavy atom. The van der Waals surface area contributed by atoms with Crippen LogP contribution in [0.2, 0.25) is 0 Å². The summed E-state index contributed by atoms with van der Waals surface area (Å²) in [7, 11) is 0. The fourth-order valence-corrected chi connectivity index (χ4v) is 2.30. The van der Waals surface area contributed by atoms with Crippen molar-refractivity contribution in [3.8, 4) is 0 Å². The van der Waals surface area contributed by atoms with Gasteiger partial charge in [-0.3, -0.25) is 4.79 Å². The van der Waals surface area contributed by atoms with Gasteiger partial charge in [-0.15, -0.1) is 0 Å². The molecule has 2 N–H and O–H groups in total. The van der Waals surface area contributed by atoms with Gasteiger partial charge in [0.05, 0.1) is 25.2 Å². The summed E-state index contributed by atoms with van der Waals surface area (Å²) in [5, 5.41) is 19.1. The molecule has 0 amide bonds. The molecule has 1 heterocycles. The number of ether oxygens (including phenoxy) is 1. The maximum absolute atomic E-state index is 11.4. The second-order valence-corrected chi connectivity index (χ2v) is 5.34. The standard InChI is InChI=1S/C13H24O4/c1-9(2)5-3-4-6-11(15)12-10(7-14)8-17-13(12)16/h9-12,14-15H,3-8H2,1-2H3/t10-,11-,12+/m1/s1. The van der Waals surface area contributed by atoms with Crippen LogP contribution < -0.4 is 0 Å². The van der Waals surface area contributed by atoms with Gasteiger partial charge in [-0.05, 0) is 12.3 Å². The van der Waals surface area contributed by atoms with E-state index in [9.17, 15) is 9.90 Å². The number of aliphatic hydroxyl groups excluding tert-OH is 2. The average molecular weight is 244 g/mol. The van der Waals surface area contributed by atoms with Crippen LogP contribution in [0.15, 0.2) is 0 Å². The highest BCUT2D eigenvalue weighted by molar-refractivity contribution is 5.75. The zero-order valence-corrected chi connectivity index (χ0v) is 10.8. The van der Waals surface area contributed by atoms with E-state index in [1.165, 1.54) is 0 Å². The Balaban J connectivity index is 2.30. The summed E-state index contributed by atoms with van der Waals surface area (Å²) in [5.74, 6) is -0.448. The number of carbonyl (C=O) groups is 1. The summed E-state index contributed by atoms with van der Waals surface area (Å²) in [4.78, 5) is 11.4. The van der Waals surface area contributed by atoms with E-state index in [1.54, 1.807) is 0 Å². The fourth-order valence-electron chi connectivity index (χ4n) is 2.30. The lowest BCUT2D eigenvalue weighted by atomic mass is 9.88. The van der Waals surface area contributed by atoms with E-state index in [2.05, 4.69) is 13.8 Å². The minimum atomic E-state index is -0.672. The maximum Gasteiger partial charge on any atom is 0.312 e. The quantitative estimate of drug-likeness (QED) is 0.524. The molecule has 0 radical (unpaired) electrons. The van der Waals surface area contributed by atoms with E-state index in [-0.39, 0.29) is 25.1 Å². The summed E-state index contributed by atoms with van der Waals surface area (Å²) < 4.78 is 4.88. The van der Waals surface area contributed by atoms with E-state index in [0.717, 1.165) is 19.3 Å².